The van der Waals surface area contributed by atoms with Gasteiger partial charge in [0.2, 0.25) is 0 Å². The molecule has 0 amide bonds. The van der Waals surface area contributed by atoms with Crippen molar-refractivity contribution in [3.63, 3.8) is 0 Å². The van der Waals surface area contributed by atoms with Gasteiger partial charge >= 0.3 is 0 Å². The zero-order valence-electron chi connectivity index (χ0n) is 10.5. The Morgan fingerprint density at radius 2 is 0.944 bits per heavy atom. The number of benzene rings is 2. The molecule has 2 nitrogen and oxygen atoms in total. The van der Waals surface area contributed by atoms with Gasteiger partial charge in [0, 0.05) is 29.3 Å². The molecule has 0 aliphatic carbocycles. The van der Waals surface area contributed by atoms with E-state index >= 15 is 0 Å². The third kappa shape index (κ3) is 2.99. The van der Waals surface area contributed by atoms with E-state index < -0.39 is 0 Å². The van der Waals surface area contributed by atoms with E-state index in [0.29, 0.717) is 0 Å². The van der Waals surface area contributed by atoms with Gasteiger partial charge in [-0.25, -0.2) is 0 Å². The Morgan fingerprint density at radius 1 is 0.667 bits per heavy atom. The Bertz CT molecular complexity index is 454. The Kier molecular flexibility index (Phi) is 4.68. The summed E-state index contributed by atoms with van der Waals surface area (Å²) in [5.41, 5.74) is 2.10. The number of rotatable bonds is 2. The summed E-state index contributed by atoms with van der Waals surface area (Å²) in [5, 5.41) is 18.6. The average Bonchev–Trinajstić information content (AvgIpc) is 2.30. The predicted octanol–water partition coefficient (Wildman–Crippen LogP) is 3.04. The van der Waals surface area contributed by atoms with Crippen LogP contribution in [0.4, 0.5) is 0 Å². The zero-order chi connectivity index (χ0) is 12.5. The Balaban J connectivity index is 0.00000162. The summed E-state index contributed by atoms with van der Waals surface area (Å²) in [5.74, 6) is 0.547. The molecule has 2 aromatic carbocycles. The number of phenolic OH excluding ortho intramolecular Hbond substituents is 2. The molecule has 92 valence electrons. The Hall–Kier alpha value is -1.16. The van der Waals surface area contributed by atoms with Gasteiger partial charge in [0.15, 0.2) is 0 Å². The first-order valence-corrected chi connectivity index (χ1v) is 5.59. The minimum atomic E-state index is -0.151. The monoisotopic (exact) mass is 348 g/mol. The summed E-state index contributed by atoms with van der Waals surface area (Å²) in [6.07, 6.45) is 0. The minimum Gasteiger partial charge on any atom is -0.508 e. The fourth-order valence-electron chi connectivity index (χ4n) is 1.92. The fraction of sp³-hybridized carbons (Fsp3) is 0.200. The fourth-order valence-corrected chi connectivity index (χ4v) is 1.92. The molecule has 2 rings (SSSR count). The van der Waals surface area contributed by atoms with Crippen LogP contribution in [0.5, 0.6) is 11.5 Å². The maximum absolute atomic E-state index is 9.30. The zero-order valence-corrected chi connectivity index (χ0v) is 13.4. The van der Waals surface area contributed by atoms with Gasteiger partial charge in [-0.05, 0) is 35.4 Å². The van der Waals surface area contributed by atoms with Crippen molar-refractivity contribution in [2.24, 2.45) is 0 Å². The van der Waals surface area contributed by atoms with Crippen LogP contribution in [0.1, 0.15) is 25.0 Å². The number of hydrogen-bond acceptors (Lipinski definition) is 2. The van der Waals surface area contributed by atoms with Gasteiger partial charge in [-0.15, -0.1) is 0 Å². The van der Waals surface area contributed by atoms with Crippen LogP contribution in [0.15, 0.2) is 48.5 Å². The van der Waals surface area contributed by atoms with Gasteiger partial charge < -0.3 is 10.2 Å². The van der Waals surface area contributed by atoms with E-state index in [2.05, 4.69) is 13.8 Å². The number of hydrogen-bond donors (Lipinski definition) is 2. The second-order valence-electron chi connectivity index (χ2n) is 4.72. The van der Waals surface area contributed by atoms with Gasteiger partial charge in [-0.2, -0.15) is 0 Å². The first-order valence-electron chi connectivity index (χ1n) is 5.59. The van der Waals surface area contributed by atoms with Crippen molar-refractivity contribution in [1.29, 1.82) is 0 Å². The molecule has 0 fully saturated rings. The van der Waals surface area contributed by atoms with Gasteiger partial charge in [0.25, 0.3) is 0 Å². The molecule has 0 saturated heterocycles. The maximum Gasteiger partial charge on any atom is 0.115 e. The summed E-state index contributed by atoms with van der Waals surface area (Å²) in [6.45, 7) is 4.23. The molecular weight excluding hydrogens is 331 g/mol. The third-order valence-corrected chi connectivity index (χ3v) is 3.18. The van der Waals surface area contributed by atoms with Crippen molar-refractivity contribution in [3.05, 3.63) is 59.7 Å². The van der Waals surface area contributed by atoms with E-state index in [1.54, 1.807) is 24.3 Å². The van der Waals surface area contributed by atoms with Crippen LogP contribution < -0.4 is 0 Å². The SMILES string of the molecule is CC(C)(c1ccc(O)cc1)c1ccc(O)cc1.[Sn]. The molecule has 3 heteroatoms. The van der Waals surface area contributed by atoms with Crippen LogP contribution in [0.3, 0.4) is 0 Å². The molecule has 0 heterocycles. The van der Waals surface area contributed by atoms with Crippen molar-refractivity contribution >= 4 is 23.9 Å². The molecule has 4 radical (unpaired) electrons. The predicted molar refractivity (Wildman–Crippen MR) is 74.1 cm³/mol. The van der Waals surface area contributed by atoms with Crippen molar-refractivity contribution in [2.75, 3.05) is 0 Å². The summed E-state index contributed by atoms with van der Waals surface area (Å²) < 4.78 is 0. The molecule has 18 heavy (non-hydrogen) atoms. The quantitative estimate of drug-likeness (QED) is 0.820. The molecule has 2 aromatic rings. The van der Waals surface area contributed by atoms with Gasteiger partial charge in [-0.3, -0.25) is 0 Å². The van der Waals surface area contributed by atoms with Crippen molar-refractivity contribution < 1.29 is 10.2 Å². The summed E-state index contributed by atoms with van der Waals surface area (Å²) >= 11 is 0. The minimum absolute atomic E-state index is 0. The molecule has 0 spiro atoms. The molecule has 0 bridgehead atoms. The van der Waals surface area contributed by atoms with Gasteiger partial charge in [0.1, 0.15) is 11.5 Å². The second kappa shape index (κ2) is 5.65. The topological polar surface area (TPSA) is 40.5 Å². The van der Waals surface area contributed by atoms with E-state index in [9.17, 15) is 10.2 Å². The van der Waals surface area contributed by atoms with Crippen LogP contribution in [0.25, 0.3) is 0 Å². The molecular formula is C15H16O2Sn. The first-order chi connectivity index (χ1) is 8.00. The second-order valence-corrected chi connectivity index (χ2v) is 4.72. The van der Waals surface area contributed by atoms with Crippen LogP contribution in [0, 0.1) is 0 Å². The smallest absolute Gasteiger partial charge is 0.115 e. The average molecular weight is 347 g/mol. The molecule has 0 aliphatic heterocycles. The molecule has 0 unspecified atom stereocenters. The van der Waals surface area contributed by atoms with Crippen LogP contribution in [-0.4, -0.2) is 34.1 Å². The first kappa shape index (κ1) is 14.9. The van der Waals surface area contributed by atoms with Crippen LogP contribution in [-0.2, 0) is 5.41 Å². The largest absolute Gasteiger partial charge is 0.508 e. The van der Waals surface area contributed by atoms with Crippen molar-refractivity contribution in [3.8, 4) is 11.5 Å². The molecule has 0 aliphatic rings. The molecule has 0 aromatic heterocycles. The van der Waals surface area contributed by atoms with E-state index in [-0.39, 0.29) is 40.8 Å². The van der Waals surface area contributed by atoms with E-state index in [1.807, 2.05) is 24.3 Å². The summed E-state index contributed by atoms with van der Waals surface area (Å²) in [6, 6.07) is 14.4. The number of phenols is 2. The van der Waals surface area contributed by atoms with E-state index in [0.717, 1.165) is 11.1 Å². The summed E-state index contributed by atoms with van der Waals surface area (Å²) in [7, 11) is 0. The standard InChI is InChI=1S/C15H16O2.Sn/c1-15(2,11-3-7-13(16)8-4-11)12-5-9-14(17)10-6-12;/h3-10,16-17H,1-2H3;. The van der Waals surface area contributed by atoms with Crippen molar-refractivity contribution in [1.82, 2.24) is 0 Å². The Labute approximate surface area is 124 Å². The van der Waals surface area contributed by atoms with E-state index in [4.69, 9.17) is 0 Å². The van der Waals surface area contributed by atoms with Crippen molar-refractivity contribution in [2.45, 2.75) is 19.3 Å². The summed E-state index contributed by atoms with van der Waals surface area (Å²) in [4.78, 5) is 0. The normalized spacial score (nSPS) is 10.8. The molecule has 0 saturated carbocycles. The van der Waals surface area contributed by atoms with Gasteiger partial charge in [-0.1, -0.05) is 38.1 Å². The number of aromatic hydroxyl groups is 2. The van der Waals surface area contributed by atoms with E-state index in [1.165, 1.54) is 0 Å². The van der Waals surface area contributed by atoms with Crippen LogP contribution in [0.2, 0.25) is 0 Å². The molecule has 0 atom stereocenters. The van der Waals surface area contributed by atoms with Crippen LogP contribution >= 0.6 is 0 Å². The maximum atomic E-state index is 9.30. The molecule has 2 N–H and O–H groups in total. The Morgan fingerprint density at radius 3 is 1.22 bits per heavy atom. The van der Waals surface area contributed by atoms with Gasteiger partial charge in [0.05, 0.1) is 0 Å². The third-order valence-electron chi connectivity index (χ3n) is 3.18.